The molecule has 4 nitrogen and oxygen atoms in total. The van der Waals surface area contributed by atoms with E-state index in [4.69, 9.17) is 0 Å². The van der Waals surface area contributed by atoms with Crippen LogP contribution in [0.1, 0.15) is 18.0 Å². The number of nitrogens with zero attached hydrogens (tertiary/aromatic N) is 2. The van der Waals surface area contributed by atoms with Crippen molar-refractivity contribution in [3.05, 3.63) is 34.8 Å². The van der Waals surface area contributed by atoms with Crippen molar-refractivity contribution in [3.8, 4) is 0 Å². The van der Waals surface area contributed by atoms with E-state index < -0.39 is 0 Å². The van der Waals surface area contributed by atoms with Crippen molar-refractivity contribution in [2.75, 3.05) is 17.7 Å². The zero-order valence-corrected chi connectivity index (χ0v) is 10.1. The Morgan fingerprint density at radius 1 is 1.31 bits per heavy atom. The average molecular weight is 234 g/mol. The van der Waals surface area contributed by atoms with Gasteiger partial charge in [-0.15, -0.1) is 11.3 Å². The lowest BCUT2D eigenvalue weighted by atomic mass is 10.3. The quantitative estimate of drug-likeness (QED) is 0.854. The van der Waals surface area contributed by atoms with Crippen molar-refractivity contribution < 1.29 is 0 Å². The highest BCUT2D eigenvalue weighted by Crippen LogP contribution is 2.20. The second-order valence-electron chi connectivity index (χ2n) is 3.39. The zero-order chi connectivity index (χ0) is 11.4. The Labute approximate surface area is 98.8 Å². The van der Waals surface area contributed by atoms with Gasteiger partial charge in [-0.2, -0.15) is 0 Å². The Balaban J connectivity index is 2.08. The zero-order valence-electron chi connectivity index (χ0n) is 9.27. The molecular weight excluding hydrogens is 220 g/mol. The van der Waals surface area contributed by atoms with E-state index in [0.29, 0.717) is 0 Å². The van der Waals surface area contributed by atoms with Crippen LogP contribution in [0.15, 0.2) is 29.8 Å². The highest BCUT2D eigenvalue weighted by atomic mass is 32.1. The Hall–Kier alpha value is -1.62. The summed E-state index contributed by atoms with van der Waals surface area (Å²) < 4.78 is 0. The van der Waals surface area contributed by atoms with Crippen LogP contribution in [0.2, 0.25) is 0 Å². The van der Waals surface area contributed by atoms with E-state index in [1.54, 1.807) is 11.3 Å². The summed E-state index contributed by atoms with van der Waals surface area (Å²) in [5.41, 5.74) is 0. The molecule has 2 aromatic heterocycles. The van der Waals surface area contributed by atoms with Crippen LogP contribution in [0.25, 0.3) is 0 Å². The lowest BCUT2D eigenvalue weighted by Crippen LogP contribution is -2.08. The number of rotatable bonds is 4. The van der Waals surface area contributed by atoms with Crippen molar-refractivity contribution in [1.82, 2.24) is 9.97 Å². The molecule has 0 aliphatic rings. The summed E-state index contributed by atoms with van der Waals surface area (Å²) in [6.45, 7) is 2.08. The van der Waals surface area contributed by atoms with Crippen molar-refractivity contribution in [2.45, 2.75) is 13.0 Å². The number of pyridine rings is 1. The Kier molecular flexibility index (Phi) is 3.36. The van der Waals surface area contributed by atoms with Gasteiger partial charge < -0.3 is 10.6 Å². The van der Waals surface area contributed by atoms with E-state index in [2.05, 4.69) is 27.5 Å². The fraction of sp³-hybridized carbons (Fsp3) is 0.273. The van der Waals surface area contributed by atoms with E-state index in [1.165, 1.54) is 0 Å². The molecular formula is C11H14N4S. The maximum atomic E-state index is 4.40. The highest BCUT2D eigenvalue weighted by Gasteiger charge is 2.08. The molecule has 0 fully saturated rings. The topological polar surface area (TPSA) is 49.8 Å². The first-order valence-electron chi connectivity index (χ1n) is 5.10. The first-order valence-corrected chi connectivity index (χ1v) is 5.98. The fourth-order valence-corrected chi connectivity index (χ4v) is 2.03. The molecule has 0 amide bonds. The van der Waals surface area contributed by atoms with Gasteiger partial charge in [0.15, 0.2) is 0 Å². The number of hydrogen-bond acceptors (Lipinski definition) is 5. The van der Waals surface area contributed by atoms with Gasteiger partial charge >= 0.3 is 0 Å². The summed E-state index contributed by atoms with van der Waals surface area (Å²) in [6, 6.07) is 6.03. The molecule has 2 aromatic rings. The molecule has 84 valence electrons. The van der Waals surface area contributed by atoms with E-state index in [0.717, 1.165) is 16.6 Å². The summed E-state index contributed by atoms with van der Waals surface area (Å²) >= 11 is 1.64. The molecule has 0 aliphatic heterocycles. The van der Waals surface area contributed by atoms with Gasteiger partial charge in [-0.1, -0.05) is 6.07 Å². The molecule has 2 rings (SSSR count). The van der Waals surface area contributed by atoms with Crippen LogP contribution in [0.5, 0.6) is 0 Å². The minimum absolute atomic E-state index is 0.180. The second kappa shape index (κ2) is 4.94. The van der Waals surface area contributed by atoms with Crippen molar-refractivity contribution in [1.29, 1.82) is 0 Å². The first kappa shape index (κ1) is 10.9. The largest absolute Gasteiger partial charge is 0.373 e. The fourth-order valence-electron chi connectivity index (χ4n) is 1.39. The molecule has 2 heterocycles. The van der Waals surface area contributed by atoms with Gasteiger partial charge in [0.1, 0.15) is 16.6 Å². The van der Waals surface area contributed by atoms with Crippen molar-refractivity contribution in [3.63, 3.8) is 0 Å². The molecule has 0 aromatic carbocycles. The summed E-state index contributed by atoms with van der Waals surface area (Å²) in [4.78, 5) is 8.66. The van der Waals surface area contributed by atoms with Gasteiger partial charge in [-0.25, -0.2) is 9.97 Å². The third kappa shape index (κ3) is 2.49. The predicted molar refractivity (Wildman–Crippen MR) is 67.9 cm³/mol. The van der Waals surface area contributed by atoms with E-state index in [-0.39, 0.29) is 6.04 Å². The number of thiazole rings is 1. The van der Waals surface area contributed by atoms with Gasteiger partial charge in [-0.05, 0) is 19.1 Å². The molecule has 16 heavy (non-hydrogen) atoms. The molecule has 0 aliphatic carbocycles. The predicted octanol–water partition coefficient (Wildman–Crippen LogP) is 2.75. The van der Waals surface area contributed by atoms with E-state index in [9.17, 15) is 0 Å². The molecule has 0 saturated carbocycles. The van der Waals surface area contributed by atoms with Crippen LogP contribution in [0.4, 0.5) is 11.6 Å². The molecule has 1 atom stereocenters. The van der Waals surface area contributed by atoms with Crippen LogP contribution in [0, 0.1) is 0 Å². The van der Waals surface area contributed by atoms with Gasteiger partial charge in [0.05, 0.1) is 6.04 Å². The standard InChI is InChI=1S/C11H14N4S/c1-8(11-13-6-7-16-11)14-10-5-3-4-9(12-2)15-10/h3-8H,1-2H3,(H2,12,14,15). The minimum Gasteiger partial charge on any atom is -0.373 e. The Morgan fingerprint density at radius 3 is 2.81 bits per heavy atom. The molecule has 0 radical (unpaired) electrons. The molecule has 0 bridgehead atoms. The highest BCUT2D eigenvalue weighted by molar-refractivity contribution is 7.09. The third-order valence-electron chi connectivity index (χ3n) is 2.19. The Bertz CT molecular complexity index is 441. The monoisotopic (exact) mass is 234 g/mol. The lowest BCUT2D eigenvalue weighted by Gasteiger charge is -2.12. The Morgan fingerprint density at radius 2 is 2.12 bits per heavy atom. The smallest absolute Gasteiger partial charge is 0.128 e. The van der Waals surface area contributed by atoms with E-state index >= 15 is 0 Å². The maximum absolute atomic E-state index is 4.40. The first-order chi connectivity index (χ1) is 7.79. The average Bonchev–Trinajstić information content (AvgIpc) is 2.83. The molecule has 1 unspecified atom stereocenters. The lowest BCUT2D eigenvalue weighted by molar-refractivity contribution is 0.861. The number of hydrogen-bond donors (Lipinski definition) is 2. The van der Waals surface area contributed by atoms with Crippen molar-refractivity contribution >= 4 is 23.0 Å². The second-order valence-corrected chi connectivity index (χ2v) is 4.32. The SMILES string of the molecule is CNc1cccc(NC(C)c2nccs2)n1. The maximum Gasteiger partial charge on any atom is 0.128 e. The van der Waals surface area contributed by atoms with Crippen LogP contribution in [0.3, 0.4) is 0 Å². The molecule has 0 spiro atoms. The summed E-state index contributed by atoms with van der Waals surface area (Å²) in [7, 11) is 1.86. The number of aromatic nitrogens is 2. The van der Waals surface area contributed by atoms with Crippen LogP contribution >= 0.6 is 11.3 Å². The van der Waals surface area contributed by atoms with Crippen LogP contribution in [-0.4, -0.2) is 17.0 Å². The van der Waals surface area contributed by atoms with Gasteiger partial charge in [-0.3, -0.25) is 0 Å². The minimum atomic E-state index is 0.180. The normalized spacial score (nSPS) is 12.1. The number of nitrogens with one attached hydrogen (secondary N) is 2. The third-order valence-corrected chi connectivity index (χ3v) is 3.15. The van der Waals surface area contributed by atoms with E-state index in [1.807, 2.05) is 36.8 Å². The van der Waals surface area contributed by atoms with Gasteiger partial charge in [0.25, 0.3) is 0 Å². The van der Waals surface area contributed by atoms with Gasteiger partial charge in [0.2, 0.25) is 0 Å². The van der Waals surface area contributed by atoms with Gasteiger partial charge in [0, 0.05) is 18.6 Å². The van der Waals surface area contributed by atoms with Crippen LogP contribution < -0.4 is 10.6 Å². The van der Waals surface area contributed by atoms with Crippen LogP contribution in [-0.2, 0) is 0 Å². The molecule has 0 saturated heterocycles. The molecule has 5 heteroatoms. The molecule has 2 N–H and O–H groups in total. The summed E-state index contributed by atoms with van der Waals surface area (Å²) in [5.74, 6) is 1.71. The number of anilines is 2. The van der Waals surface area contributed by atoms with Crippen molar-refractivity contribution in [2.24, 2.45) is 0 Å². The summed E-state index contributed by atoms with van der Waals surface area (Å²) in [6.07, 6.45) is 1.82. The summed E-state index contributed by atoms with van der Waals surface area (Å²) in [5, 5.41) is 9.37.